The van der Waals surface area contributed by atoms with Crippen molar-refractivity contribution >= 4 is 65.6 Å². The Morgan fingerprint density at radius 3 is 0.837 bits per heavy atom. The molecule has 18 nitrogen and oxygen atoms in total. The molecule has 1 N–H and O–H groups in total. The minimum atomic E-state index is -3.76. The van der Waals surface area contributed by atoms with E-state index in [1.807, 2.05) is 60.7 Å². The van der Waals surface area contributed by atoms with Crippen molar-refractivity contribution in [3.05, 3.63) is 149 Å². The highest BCUT2D eigenvalue weighted by molar-refractivity contribution is 8.13. The third kappa shape index (κ3) is 34.3. The molecule has 5 heterocycles. The number of unbranched alkanes of at least 4 members (excludes halogenated alkanes) is 5. The van der Waals surface area contributed by atoms with Crippen LogP contribution in [0.25, 0.3) is 0 Å². The number of aryl methyl sites for hydroxylation is 5. The van der Waals surface area contributed by atoms with Crippen LogP contribution in [0.4, 0.5) is 0 Å². The van der Waals surface area contributed by atoms with E-state index in [0.29, 0.717) is 87.7 Å². The van der Waals surface area contributed by atoms with Gasteiger partial charge in [0.25, 0.3) is 9.05 Å². The molecule has 5 aliphatic heterocycles. The van der Waals surface area contributed by atoms with Crippen LogP contribution < -0.4 is 5.32 Å². The molecule has 636 valence electrons. The van der Waals surface area contributed by atoms with E-state index < -0.39 is 54.9 Å². The average Bonchev–Trinajstić information content (AvgIpc) is 1.65. The van der Waals surface area contributed by atoms with E-state index in [1.54, 1.807) is 65.0 Å². The maximum absolute atomic E-state index is 13.6. The second-order valence-corrected chi connectivity index (χ2v) is 38.3. The Kier molecular flexibility index (Phi) is 44.0. The lowest BCUT2D eigenvalue weighted by atomic mass is 10.0. The number of nitrogens with zero attached hydrogens (tertiary/aromatic N) is 4. The number of hydrogen-bond donors (Lipinski definition) is 1. The number of carbonyl (C=O) groups excluding carboxylic acids is 1. The number of nitrogens with one attached hydrogen (secondary N) is 1. The predicted molar refractivity (Wildman–Crippen MR) is 485 cm³/mol. The molecule has 0 aliphatic carbocycles. The van der Waals surface area contributed by atoms with Crippen LogP contribution in [0.15, 0.2) is 146 Å². The van der Waals surface area contributed by atoms with Crippen molar-refractivity contribution in [3.8, 4) is 179 Å². The number of ketones is 1. The van der Waals surface area contributed by atoms with Gasteiger partial charge in [0.1, 0.15) is 17.2 Å². The number of terminal acetylenes is 2. The van der Waals surface area contributed by atoms with E-state index in [1.165, 1.54) is 24.0 Å². The normalized spacial score (nSPS) is 14.7. The van der Waals surface area contributed by atoms with E-state index in [2.05, 4.69) is 206 Å². The third-order valence-electron chi connectivity index (χ3n) is 19.6. The van der Waals surface area contributed by atoms with Gasteiger partial charge >= 0.3 is 0 Å². The lowest BCUT2D eigenvalue weighted by Crippen LogP contribution is -2.55. The van der Waals surface area contributed by atoms with Crippen LogP contribution in [0.5, 0.6) is 0 Å². The van der Waals surface area contributed by atoms with Crippen molar-refractivity contribution in [2.75, 3.05) is 65.6 Å². The van der Waals surface area contributed by atoms with Gasteiger partial charge in [-0.3, -0.25) is 10.1 Å². The zero-order valence-electron chi connectivity index (χ0n) is 70.1. The van der Waals surface area contributed by atoms with Gasteiger partial charge in [-0.1, -0.05) is 127 Å². The molecular formula is C99H100ClN5O13S5. The number of sulfonamides is 4. The molecule has 0 radical (unpaired) electrons. The zero-order valence-corrected chi connectivity index (χ0v) is 75.0. The van der Waals surface area contributed by atoms with Crippen molar-refractivity contribution in [1.29, 1.82) is 0 Å². The maximum atomic E-state index is 13.6. The fourth-order valence-corrected chi connectivity index (χ4v) is 19.6. The first-order chi connectivity index (χ1) is 59.3. The number of rotatable bonds is 24. The minimum Gasteiger partial charge on any atom is -0.359 e. The topological polar surface area (TPSA) is 231 Å². The number of carbonyl (C=O) groups is 1. The molecule has 2 spiro atoms. The van der Waals surface area contributed by atoms with Gasteiger partial charge in [-0.05, 0) is 247 Å². The fraction of sp³-hybridized carbons (Fsp3) is 0.384. The third-order valence-corrected chi connectivity index (χ3v) is 28.6. The summed E-state index contributed by atoms with van der Waals surface area (Å²) < 4.78 is 144. The first-order valence-corrected chi connectivity index (χ1v) is 48.7. The highest BCUT2D eigenvalue weighted by atomic mass is 35.7. The smallest absolute Gasteiger partial charge is 0.261 e. The van der Waals surface area contributed by atoms with Crippen LogP contribution in [-0.4, -0.2) is 142 Å². The van der Waals surface area contributed by atoms with Gasteiger partial charge in [0.2, 0.25) is 40.1 Å². The molecule has 5 saturated heterocycles. The first-order valence-electron chi connectivity index (χ1n) is 40.7. The number of Topliss-reactive ketones (excluding diaryl/α,β-unsaturated/α-hetero) is 1. The highest BCUT2D eigenvalue weighted by Gasteiger charge is 2.52. The molecule has 123 heavy (non-hydrogen) atoms. The molecule has 5 fully saturated rings. The van der Waals surface area contributed by atoms with Crippen LogP contribution in [0, 0.1) is 179 Å². The highest BCUT2D eigenvalue weighted by Crippen LogP contribution is 2.40. The number of benzene rings is 5. The quantitative estimate of drug-likeness (QED) is 0.0447. The molecule has 0 amide bonds. The summed E-state index contributed by atoms with van der Waals surface area (Å²) in [5.74, 6) is 68.3. The molecular weight excluding hydrogens is 1660 g/mol. The Bertz CT molecular complexity index is 5910. The van der Waals surface area contributed by atoms with Crippen LogP contribution >= 0.6 is 10.7 Å². The second kappa shape index (κ2) is 53.7. The van der Waals surface area contributed by atoms with Crippen molar-refractivity contribution < 1.29 is 56.4 Å². The van der Waals surface area contributed by atoms with Gasteiger partial charge in [-0.15, -0.1) is 12.8 Å². The van der Waals surface area contributed by atoms with Gasteiger partial charge in [0.05, 0.1) is 37.7 Å². The Morgan fingerprint density at radius 1 is 0.333 bits per heavy atom. The van der Waals surface area contributed by atoms with Crippen LogP contribution in [-0.2, 0) is 95.5 Å². The largest absolute Gasteiger partial charge is 0.359 e. The van der Waals surface area contributed by atoms with Gasteiger partial charge in [0, 0.05) is 173 Å². The molecule has 5 aromatic rings. The van der Waals surface area contributed by atoms with E-state index in [9.17, 15) is 46.9 Å². The fourth-order valence-electron chi connectivity index (χ4n) is 12.8. The van der Waals surface area contributed by atoms with Gasteiger partial charge < -0.3 is 9.47 Å². The molecule has 10 rings (SSSR count). The van der Waals surface area contributed by atoms with Crippen LogP contribution in [0.1, 0.15) is 165 Å². The van der Waals surface area contributed by atoms with Gasteiger partial charge in [-0.25, -0.2) is 42.1 Å². The van der Waals surface area contributed by atoms with E-state index in [4.69, 9.17) is 33.0 Å². The lowest BCUT2D eigenvalue weighted by Gasteiger charge is -2.42. The molecule has 0 atom stereocenters. The molecule has 24 heteroatoms. The molecule has 0 bridgehead atoms. The number of halogens is 1. The predicted octanol–water partition coefficient (Wildman–Crippen LogP) is 12.3. The first kappa shape index (κ1) is 101. The summed E-state index contributed by atoms with van der Waals surface area (Å²) in [6.07, 6.45) is 28.4. The molecule has 0 saturated carbocycles. The SMILES string of the molecule is C#CC#CC#CC#CC#CC#CC#CC#CC#CC#CC#CC#CC#CC#CC#C.CCCCc1ccc(S(=O)(=O)Cl)cc1.CCCCc1ccc(S(=O)(=O)N2CCC(=O)CC2)cc1.CCCCc1ccc(S(=O)(=O)N2CCC3(CC2)NCCO3)cc1.CCCCc1ccc(S(=O)(=O)N2CCC3(CC2)OCCN3S(=O)(=O)c2ccc(CCCC)cc2)cc1. The van der Waals surface area contributed by atoms with Crippen molar-refractivity contribution in [3.63, 3.8) is 0 Å². The maximum Gasteiger partial charge on any atom is 0.261 e. The zero-order chi connectivity index (χ0) is 89.1. The van der Waals surface area contributed by atoms with E-state index >= 15 is 0 Å². The Morgan fingerprint density at radius 2 is 0.585 bits per heavy atom. The monoisotopic (exact) mass is 1760 g/mol. The molecule has 5 aromatic carbocycles. The van der Waals surface area contributed by atoms with E-state index in [0.717, 1.165) is 120 Å². The van der Waals surface area contributed by atoms with Crippen molar-refractivity contribution in [1.82, 2.24) is 22.5 Å². The van der Waals surface area contributed by atoms with Gasteiger partial charge in [0.15, 0.2) is 0 Å². The van der Waals surface area contributed by atoms with E-state index in [-0.39, 0.29) is 45.8 Å². The summed E-state index contributed by atoms with van der Waals surface area (Å²) in [6, 6.07) is 35.5. The summed E-state index contributed by atoms with van der Waals surface area (Å²) in [6.45, 7) is 14.9. The van der Waals surface area contributed by atoms with Gasteiger partial charge in [-0.2, -0.15) is 17.2 Å². The molecule has 0 unspecified atom stereocenters. The standard InChI is InChI=1S/C30H2.C27H38N2O5S2.C17H26N2O3S.C15H21NO3S.C10H13ClO2S/c1-3-5-7-9-11-13-15-17-19-21-23-25-27-29-30-28-26-24-22-20-18-16-14-12-10-8-6-4-2;1-3-5-7-23-9-13-25(14-10-23)35(30,31)28-19-17-27(18-20-28)29(21-22-34-27)36(32,33)26-15-11-24(12-16-26)8-6-4-2;1-2-3-4-15-5-7-16(8-6-15)23(20,21)19-12-9-17(10-13-19)18-11-14-22-17;1-2-3-4-13-5-7-15(8-6-13)20(18,19)16-11-9-14(17)10-12-16;1-2-3-4-9-5-7-10(8-6-9)14(11,12)13/h1-2H;9-16H,3-8,17-22H2,1-2H3;5-8,18H,2-4,9-14H2,1H3;5-8H,2-4,9-12H2,1H3;5-8H,2-4H2,1H3. The van der Waals surface area contributed by atoms with Crippen LogP contribution in [0.3, 0.4) is 0 Å². The Labute approximate surface area is 737 Å². The summed E-state index contributed by atoms with van der Waals surface area (Å²) in [4.78, 5) is 12.6. The van der Waals surface area contributed by atoms with Crippen molar-refractivity contribution in [2.45, 2.75) is 205 Å². The summed E-state index contributed by atoms with van der Waals surface area (Å²) in [5, 5.41) is 3.37. The summed E-state index contributed by atoms with van der Waals surface area (Å²) in [7, 11) is -12.6. The molecule has 0 aromatic heterocycles. The van der Waals surface area contributed by atoms with Crippen molar-refractivity contribution in [2.24, 2.45) is 0 Å². The van der Waals surface area contributed by atoms with Crippen LogP contribution in [0.2, 0.25) is 0 Å². The number of ether oxygens (including phenoxy) is 2. The Hall–Kier alpha value is -11.1. The number of hydrogen-bond acceptors (Lipinski definition) is 14. The second-order valence-electron chi connectivity index (χ2n) is 28.1. The average molecular weight is 1760 g/mol. The summed E-state index contributed by atoms with van der Waals surface area (Å²) in [5.41, 5.74) is 4.47. The number of piperidine rings is 3. The molecule has 5 aliphatic rings. The lowest BCUT2D eigenvalue weighted by molar-refractivity contribution is -0.120. The summed E-state index contributed by atoms with van der Waals surface area (Å²) >= 11 is 0. The minimum absolute atomic E-state index is 0.145. The Balaban J connectivity index is 0.000000245.